The molecule has 0 aromatic heterocycles. The van der Waals surface area contributed by atoms with Crippen LogP contribution in [0.4, 0.5) is 0 Å². The van der Waals surface area contributed by atoms with Gasteiger partial charge in [-0.15, -0.1) is 0 Å². The fourth-order valence-corrected chi connectivity index (χ4v) is 9.80. The number of rotatable bonds is 31. The van der Waals surface area contributed by atoms with Gasteiger partial charge in [-0.3, -0.25) is 52.7 Å². The number of aliphatic hydroxyl groups is 1. The van der Waals surface area contributed by atoms with Gasteiger partial charge in [0.05, 0.1) is 19.7 Å². The first-order valence-electron chi connectivity index (χ1n) is 27.8. The maximum Gasteiger partial charge on any atom is 0.326 e. The van der Waals surface area contributed by atoms with Crippen LogP contribution in [-0.4, -0.2) is 185 Å². The third-order valence-electron chi connectivity index (χ3n) is 14.5. The summed E-state index contributed by atoms with van der Waals surface area (Å²) in [5.41, 5.74) is 6.39. The Kier molecular flexibility index (Phi) is 26.2. The zero-order chi connectivity index (χ0) is 59.2. The minimum atomic E-state index is -1.61. The lowest BCUT2D eigenvalue weighted by molar-refractivity contribution is -0.147. The Morgan fingerprint density at radius 2 is 1.24 bits per heavy atom. The number of amides is 11. The predicted octanol–water partition coefficient (Wildman–Crippen LogP) is -2.42. The molecule has 13 N–H and O–H groups in total. The van der Waals surface area contributed by atoms with Crippen molar-refractivity contribution in [1.29, 1.82) is 0 Å². The van der Waals surface area contributed by atoms with Crippen LogP contribution < -0.4 is 53.6 Å². The van der Waals surface area contributed by atoms with E-state index in [0.717, 1.165) is 0 Å². The molecule has 3 fully saturated rings. The van der Waals surface area contributed by atoms with Gasteiger partial charge < -0.3 is 73.6 Å². The predicted molar refractivity (Wildman–Crippen MR) is 290 cm³/mol. The van der Waals surface area contributed by atoms with Crippen LogP contribution >= 0.6 is 0 Å². The van der Waals surface area contributed by atoms with E-state index in [1.165, 1.54) is 9.80 Å². The molecule has 10 atom stereocenters. The lowest BCUT2D eigenvalue weighted by Crippen LogP contribution is -2.61. The van der Waals surface area contributed by atoms with Gasteiger partial charge in [-0.1, -0.05) is 78.3 Å². The number of hydrogen-bond donors (Lipinski definition) is 12. The standard InChI is InChI=1S/C54H84N12O14/c1-7-32(6)45(51(76)61-36(25-30(2)3)47(72)62-37(54(79)80)26-33-15-9-8-10-16-33)64-50(75)44(31(4)5)63-46(71)34(17-11-12-22-55)60-48(73)38(29-67)59-43(70)28-56-42(69)27-57-49(74)39-18-13-23-65(39)53(78)40-19-14-24-66(40)52(77)35-20-21-41(68)58-35/h8-10,15-16,30-32,34-40,44-45,67H,7,11-14,17-29,55H2,1-6H3,(H,56,69)(H,57,74)(H,58,68)(H,59,70)(H,60,73)(H,61,76)(H,62,72)(H,63,71)(H,64,75)(H,79,80). The van der Waals surface area contributed by atoms with E-state index < -0.39 is 145 Å². The molecule has 10 unspecified atom stereocenters. The molecule has 0 spiro atoms. The zero-order valence-electron chi connectivity index (χ0n) is 46.8. The number of carboxylic acid groups (broad SMARTS) is 1. The van der Waals surface area contributed by atoms with Crippen molar-refractivity contribution in [3.05, 3.63) is 35.9 Å². The fraction of sp³-hybridized carbons (Fsp3) is 0.667. The average Bonchev–Trinajstić information content (AvgIpc) is 4.24. The third kappa shape index (κ3) is 19.5. The van der Waals surface area contributed by atoms with E-state index in [1.54, 1.807) is 58.0 Å². The van der Waals surface area contributed by atoms with Gasteiger partial charge in [0.15, 0.2) is 0 Å². The van der Waals surface area contributed by atoms with E-state index in [1.807, 2.05) is 13.8 Å². The number of unbranched alkanes of at least 4 members (excludes halogenated alkanes) is 1. The second kappa shape index (κ2) is 32.1. The molecule has 1 aromatic carbocycles. The molecule has 4 rings (SSSR count). The molecule has 26 heteroatoms. The number of carbonyl (C=O) groups is 12. The molecule has 444 valence electrons. The highest BCUT2D eigenvalue weighted by molar-refractivity contribution is 5.99. The van der Waals surface area contributed by atoms with Gasteiger partial charge in [-0.25, -0.2) is 4.79 Å². The van der Waals surface area contributed by atoms with E-state index in [-0.39, 0.29) is 56.5 Å². The summed E-state index contributed by atoms with van der Waals surface area (Å²) in [6.45, 7) is 9.13. The van der Waals surface area contributed by atoms with Crippen molar-refractivity contribution >= 4 is 70.9 Å². The van der Waals surface area contributed by atoms with Crippen molar-refractivity contribution in [3.8, 4) is 0 Å². The summed E-state index contributed by atoms with van der Waals surface area (Å²) in [4.78, 5) is 162. The van der Waals surface area contributed by atoms with Crippen LogP contribution in [0.2, 0.25) is 0 Å². The van der Waals surface area contributed by atoms with Crippen LogP contribution in [0.3, 0.4) is 0 Å². The van der Waals surface area contributed by atoms with Gasteiger partial charge in [0.2, 0.25) is 65.0 Å². The lowest BCUT2D eigenvalue weighted by atomic mass is 9.95. The molecule has 0 saturated carbocycles. The molecule has 11 amide bonds. The van der Waals surface area contributed by atoms with Crippen LogP contribution in [0.1, 0.15) is 118 Å². The summed E-state index contributed by atoms with van der Waals surface area (Å²) in [5, 5.41) is 43.1. The van der Waals surface area contributed by atoms with Crippen molar-refractivity contribution < 1.29 is 67.7 Å². The van der Waals surface area contributed by atoms with E-state index in [2.05, 4.69) is 47.9 Å². The minimum Gasteiger partial charge on any atom is -0.480 e. The summed E-state index contributed by atoms with van der Waals surface area (Å²) < 4.78 is 0. The van der Waals surface area contributed by atoms with Crippen molar-refractivity contribution in [3.63, 3.8) is 0 Å². The summed E-state index contributed by atoms with van der Waals surface area (Å²) >= 11 is 0. The van der Waals surface area contributed by atoms with Crippen LogP contribution in [0, 0.1) is 17.8 Å². The third-order valence-corrected chi connectivity index (χ3v) is 14.5. The molecule has 26 nitrogen and oxygen atoms in total. The molecular weight excluding hydrogens is 1040 g/mol. The molecular formula is C54H84N12O14. The Hall–Kier alpha value is -7.22. The second-order valence-electron chi connectivity index (χ2n) is 21.6. The smallest absolute Gasteiger partial charge is 0.326 e. The zero-order valence-corrected chi connectivity index (χ0v) is 46.8. The Balaban J connectivity index is 1.32. The highest BCUT2D eigenvalue weighted by Gasteiger charge is 2.44. The first-order valence-corrected chi connectivity index (χ1v) is 27.8. The SMILES string of the molecule is CCC(C)C(NC(=O)C(NC(=O)C(CCCCN)NC(=O)C(CO)NC(=O)CNC(=O)CNC(=O)C1CCCN1C(=O)C1CCCN1C(=O)C1CCC(=O)N1)C(C)C)C(=O)NC(CC(C)C)C(=O)NC(Cc1ccccc1)C(=O)O. The second-order valence-corrected chi connectivity index (χ2v) is 21.6. The Morgan fingerprint density at radius 3 is 1.82 bits per heavy atom. The average molecular weight is 1130 g/mol. The number of nitrogens with one attached hydrogen (secondary N) is 9. The minimum absolute atomic E-state index is 0.00566. The number of carboxylic acids is 1. The van der Waals surface area contributed by atoms with Crippen LogP contribution in [0.5, 0.6) is 0 Å². The van der Waals surface area contributed by atoms with Gasteiger partial charge in [-0.05, 0) is 87.6 Å². The highest BCUT2D eigenvalue weighted by Crippen LogP contribution is 2.27. The lowest BCUT2D eigenvalue weighted by Gasteiger charge is -2.32. The Bertz CT molecular complexity index is 2360. The molecule has 3 saturated heterocycles. The van der Waals surface area contributed by atoms with Crippen LogP contribution in [-0.2, 0) is 64.0 Å². The number of nitrogens with zero attached hydrogens (tertiary/aromatic N) is 2. The first kappa shape index (κ1) is 65.3. The summed E-state index contributed by atoms with van der Waals surface area (Å²) in [5.74, 6) is -9.71. The molecule has 0 bridgehead atoms. The monoisotopic (exact) mass is 1120 g/mol. The van der Waals surface area contributed by atoms with E-state index in [4.69, 9.17) is 5.73 Å². The normalized spacial score (nSPS) is 19.5. The number of nitrogens with two attached hydrogens (primary N) is 1. The largest absolute Gasteiger partial charge is 0.480 e. The van der Waals surface area contributed by atoms with Gasteiger partial charge in [0.1, 0.15) is 54.4 Å². The number of likely N-dealkylation sites (tertiary alicyclic amines) is 2. The van der Waals surface area contributed by atoms with Gasteiger partial charge >= 0.3 is 5.97 Å². The Labute approximate surface area is 466 Å². The number of benzene rings is 1. The van der Waals surface area contributed by atoms with Crippen molar-refractivity contribution in [2.45, 2.75) is 173 Å². The Morgan fingerprint density at radius 1 is 0.662 bits per heavy atom. The van der Waals surface area contributed by atoms with Crippen molar-refractivity contribution in [2.75, 3.05) is 39.3 Å². The summed E-state index contributed by atoms with van der Waals surface area (Å²) in [6.07, 6.45) is 3.70. The van der Waals surface area contributed by atoms with E-state index >= 15 is 0 Å². The topological polar surface area (TPSA) is 386 Å². The highest BCUT2D eigenvalue weighted by atomic mass is 16.4. The van der Waals surface area contributed by atoms with Gasteiger partial charge in [0, 0.05) is 25.9 Å². The molecule has 3 aliphatic rings. The quantitative estimate of drug-likeness (QED) is 0.0345. The maximum absolute atomic E-state index is 14.1. The van der Waals surface area contributed by atoms with Gasteiger partial charge in [0.25, 0.3) is 0 Å². The molecule has 1 aromatic rings. The maximum atomic E-state index is 14.1. The number of hydrogen-bond acceptors (Lipinski definition) is 14. The molecule has 0 aliphatic carbocycles. The van der Waals surface area contributed by atoms with Crippen molar-refractivity contribution in [1.82, 2.24) is 57.7 Å². The van der Waals surface area contributed by atoms with Crippen molar-refractivity contribution in [2.24, 2.45) is 23.5 Å². The summed E-state index contributed by atoms with van der Waals surface area (Å²) in [7, 11) is 0. The van der Waals surface area contributed by atoms with Gasteiger partial charge in [-0.2, -0.15) is 0 Å². The number of aliphatic hydroxyl groups excluding tert-OH is 1. The van der Waals surface area contributed by atoms with Crippen LogP contribution in [0.25, 0.3) is 0 Å². The van der Waals surface area contributed by atoms with E-state index in [9.17, 15) is 67.7 Å². The molecule has 3 aliphatic heterocycles. The van der Waals surface area contributed by atoms with E-state index in [0.29, 0.717) is 63.5 Å². The summed E-state index contributed by atoms with van der Waals surface area (Å²) in [6, 6.07) is -1.56. The number of aliphatic carboxylic acids is 1. The van der Waals surface area contributed by atoms with Crippen LogP contribution in [0.15, 0.2) is 30.3 Å². The fourth-order valence-electron chi connectivity index (χ4n) is 9.80. The number of carbonyl (C=O) groups excluding carboxylic acids is 11. The molecule has 3 heterocycles. The first-order chi connectivity index (χ1) is 38.0. The molecule has 0 radical (unpaired) electrons. The molecule has 80 heavy (non-hydrogen) atoms.